The van der Waals surface area contributed by atoms with Gasteiger partial charge in [0.05, 0.1) is 13.2 Å². The van der Waals surface area contributed by atoms with Crippen molar-refractivity contribution in [1.29, 1.82) is 0 Å². The fourth-order valence-electron chi connectivity index (χ4n) is 1.88. The van der Waals surface area contributed by atoms with Gasteiger partial charge in [-0.15, -0.1) is 0 Å². The number of benzene rings is 1. The molecule has 1 unspecified atom stereocenters. The second kappa shape index (κ2) is 6.47. The normalized spacial score (nSPS) is 19.5. The van der Waals surface area contributed by atoms with Crippen LogP contribution in [0.5, 0.6) is 0 Å². The molecule has 0 bridgehead atoms. The van der Waals surface area contributed by atoms with Gasteiger partial charge in [0.2, 0.25) is 5.91 Å². The number of carbonyl (C=O) groups excluding carboxylic acids is 1. The van der Waals surface area contributed by atoms with E-state index in [0.29, 0.717) is 32.7 Å². The van der Waals surface area contributed by atoms with Crippen LogP contribution in [0.2, 0.25) is 0 Å². The fraction of sp³-hybridized carbons (Fsp3) is 0.462. The van der Waals surface area contributed by atoms with E-state index in [9.17, 15) is 9.18 Å². The summed E-state index contributed by atoms with van der Waals surface area (Å²) >= 11 is 0. The Morgan fingerprint density at radius 1 is 1.56 bits per heavy atom. The molecular weight excluding hydrogens is 235 g/mol. The van der Waals surface area contributed by atoms with Crippen molar-refractivity contribution in [2.75, 3.05) is 26.3 Å². The lowest BCUT2D eigenvalue weighted by Gasteiger charge is -2.22. The second-order valence-corrected chi connectivity index (χ2v) is 4.25. The van der Waals surface area contributed by atoms with E-state index in [1.165, 1.54) is 12.1 Å². The number of nitrogens with one attached hydrogen (secondary N) is 2. The van der Waals surface area contributed by atoms with Crippen LogP contribution in [0, 0.1) is 5.82 Å². The molecule has 1 amide bonds. The molecular formula is C13H17FN2O2. The summed E-state index contributed by atoms with van der Waals surface area (Å²) in [5.74, 6) is -0.313. The van der Waals surface area contributed by atoms with Gasteiger partial charge >= 0.3 is 0 Å². The topological polar surface area (TPSA) is 50.4 Å². The molecule has 1 saturated heterocycles. The first-order valence-electron chi connectivity index (χ1n) is 6.09. The summed E-state index contributed by atoms with van der Waals surface area (Å²) in [6.07, 6.45) is 0.622. The summed E-state index contributed by atoms with van der Waals surface area (Å²) in [7, 11) is 0. The Labute approximate surface area is 106 Å². The van der Waals surface area contributed by atoms with Gasteiger partial charge in [-0.05, 0) is 24.1 Å². The van der Waals surface area contributed by atoms with Crippen molar-refractivity contribution in [3.8, 4) is 0 Å². The summed E-state index contributed by atoms with van der Waals surface area (Å²) in [5.41, 5.74) is 0.878. The summed E-state index contributed by atoms with van der Waals surface area (Å²) in [5, 5.41) is 5.90. The van der Waals surface area contributed by atoms with Crippen molar-refractivity contribution in [2.45, 2.75) is 12.5 Å². The molecule has 1 heterocycles. The number of amides is 1. The molecule has 18 heavy (non-hydrogen) atoms. The highest BCUT2D eigenvalue weighted by Crippen LogP contribution is 2.03. The van der Waals surface area contributed by atoms with Crippen LogP contribution < -0.4 is 10.6 Å². The predicted molar refractivity (Wildman–Crippen MR) is 65.7 cm³/mol. The molecule has 1 aliphatic heterocycles. The Balaban J connectivity index is 1.73. The van der Waals surface area contributed by atoms with Crippen LogP contribution >= 0.6 is 0 Å². The standard InChI is InChI=1S/C13H17FN2O2/c14-11-3-1-2-10(8-11)4-5-16-13(17)12-9-18-7-6-15-12/h1-3,8,12,15H,4-7,9H2,(H,16,17). The molecule has 5 heteroatoms. The number of hydrogen-bond donors (Lipinski definition) is 2. The van der Waals surface area contributed by atoms with Gasteiger partial charge in [0, 0.05) is 13.1 Å². The lowest BCUT2D eigenvalue weighted by molar-refractivity contribution is -0.125. The van der Waals surface area contributed by atoms with E-state index >= 15 is 0 Å². The Hall–Kier alpha value is -1.46. The minimum absolute atomic E-state index is 0.0638. The molecule has 2 rings (SSSR count). The van der Waals surface area contributed by atoms with Gasteiger partial charge < -0.3 is 15.4 Å². The first-order valence-corrected chi connectivity index (χ1v) is 6.09. The lowest BCUT2D eigenvalue weighted by Crippen LogP contribution is -2.51. The Morgan fingerprint density at radius 2 is 2.44 bits per heavy atom. The monoisotopic (exact) mass is 252 g/mol. The van der Waals surface area contributed by atoms with Crippen LogP contribution in [0.4, 0.5) is 4.39 Å². The largest absolute Gasteiger partial charge is 0.378 e. The van der Waals surface area contributed by atoms with E-state index < -0.39 is 0 Å². The molecule has 0 spiro atoms. The number of morpholine rings is 1. The quantitative estimate of drug-likeness (QED) is 0.819. The van der Waals surface area contributed by atoms with E-state index in [0.717, 1.165) is 5.56 Å². The number of rotatable bonds is 4. The first kappa shape index (κ1) is 13.0. The summed E-state index contributed by atoms with van der Waals surface area (Å²) < 4.78 is 18.1. The maximum atomic E-state index is 12.9. The van der Waals surface area contributed by atoms with Crippen molar-refractivity contribution >= 4 is 5.91 Å². The maximum absolute atomic E-state index is 12.9. The molecule has 1 atom stereocenters. The van der Waals surface area contributed by atoms with Gasteiger partial charge in [0.1, 0.15) is 11.9 Å². The van der Waals surface area contributed by atoms with Crippen LogP contribution in [0.25, 0.3) is 0 Å². The molecule has 1 aromatic rings. The van der Waals surface area contributed by atoms with Gasteiger partial charge in [-0.2, -0.15) is 0 Å². The molecule has 1 aromatic carbocycles. The van der Waals surface area contributed by atoms with Crippen molar-refractivity contribution in [2.24, 2.45) is 0 Å². The van der Waals surface area contributed by atoms with E-state index in [1.54, 1.807) is 6.07 Å². The molecule has 1 fully saturated rings. The van der Waals surface area contributed by atoms with Crippen molar-refractivity contribution in [1.82, 2.24) is 10.6 Å². The molecule has 0 aromatic heterocycles. The highest BCUT2D eigenvalue weighted by molar-refractivity contribution is 5.81. The third-order valence-electron chi connectivity index (χ3n) is 2.84. The number of ether oxygens (including phenoxy) is 1. The Bertz CT molecular complexity index is 406. The van der Waals surface area contributed by atoms with Crippen LogP contribution in [-0.2, 0) is 16.0 Å². The van der Waals surface area contributed by atoms with E-state index in [2.05, 4.69) is 10.6 Å². The van der Waals surface area contributed by atoms with Crippen molar-refractivity contribution in [3.63, 3.8) is 0 Å². The zero-order valence-electron chi connectivity index (χ0n) is 10.1. The van der Waals surface area contributed by atoms with Crippen LogP contribution in [0.3, 0.4) is 0 Å². The third-order valence-corrected chi connectivity index (χ3v) is 2.84. The maximum Gasteiger partial charge on any atom is 0.239 e. The zero-order valence-corrected chi connectivity index (χ0v) is 10.1. The van der Waals surface area contributed by atoms with Gasteiger partial charge in [-0.1, -0.05) is 12.1 Å². The highest BCUT2D eigenvalue weighted by atomic mass is 19.1. The highest BCUT2D eigenvalue weighted by Gasteiger charge is 2.20. The molecule has 1 aliphatic rings. The van der Waals surface area contributed by atoms with E-state index in [4.69, 9.17) is 4.74 Å². The fourth-order valence-corrected chi connectivity index (χ4v) is 1.88. The zero-order chi connectivity index (χ0) is 12.8. The van der Waals surface area contributed by atoms with Gasteiger partial charge in [0.15, 0.2) is 0 Å². The SMILES string of the molecule is O=C(NCCc1cccc(F)c1)C1COCCN1. The molecule has 98 valence electrons. The molecule has 0 saturated carbocycles. The summed E-state index contributed by atoms with van der Waals surface area (Å²) in [4.78, 5) is 11.7. The van der Waals surface area contributed by atoms with Crippen LogP contribution in [0.15, 0.2) is 24.3 Å². The van der Waals surface area contributed by atoms with Crippen molar-refractivity contribution in [3.05, 3.63) is 35.6 Å². The predicted octanol–water partition coefficient (Wildman–Crippen LogP) is 0.473. The minimum atomic E-state index is -0.272. The Morgan fingerprint density at radius 3 is 3.17 bits per heavy atom. The average molecular weight is 252 g/mol. The molecule has 0 aliphatic carbocycles. The van der Waals surface area contributed by atoms with E-state index in [-0.39, 0.29) is 17.8 Å². The van der Waals surface area contributed by atoms with E-state index in [1.807, 2.05) is 6.07 Å². The van der Waals surface area contributed by atoms with Gasteiger partial charge in [-0.25, -0.2) is 4.39 Å². The summed E-state index contributed by atoms with van der Waals surface area (Å²) in [6, 6.07) is 6.13. The molecule has 4 nitrogen and oxygen atoms in total. The Kier molecular flexibility index (Phi) is 4.66. The van der Waals surface area contributed by atoms with Gasteiger partial charge in [0.25, 0.3) is 0 Å². The first-order chi connectivity index (χ1) is 8.75. The molecule has 0 radical (unpaired) electrons. The third kappa shape index (κ3) is 3.78. The second-order valence-electron chi connectivity index (χ2n) is 4.25. The number of halogens is 1. The van der Waals surface area contributed by atoms with Gasteiger partial charge in [-0.3, -0.25) is 4.79 Å². The average Bonchev–Trinajstić information content (AvgIpc) is 2.40. The minimum Gasteiger partial charge on any atom is -0.378 e. The van der Waals surface area contributed by atoms with Crippen molar-refractivity contribution < 1.29 is 13.9 Å². The van der Waals surface area contributed by atoms with Crippen LogP contribution in [-0.4, -0.2) is 38.3 Å². The lowest BCUT2D eigenvalue weighted by atomic mass is 10.1. The number of carbonyl (C=O) groups is 1. The molecule has 2 N–H and O–H groups in total. The van der Waals surface area contributed by atoms with Crippen LogP contribution in [0.1, 0.15) is 5.56 Å². The number of hydrogen-bond acceptors (Lipinski definition) is 3. The smallest absolute Gasteiger partial charge is 0.239 e. The summed E-state index contributed by atoms with van der Waals surface area (Å²) in [6.45, 7) is 2.25.